The number of phenolic OH excluding ortho intramolecular Hbond substituents is 1. The number of rotatable bonds is 3. The average Bonchev–Trinajstić information content (AvgIpc) is 2.98. The van der Waals surface area contributed by atoms with Crippen molar-refractivity contribution in [3.8, 4) is 11.8 Å². The van der Waals surface area contributed by atoms with Crippen molar-refractivity contribution in [1.82, 2.24) is 9.36 Å². The molecule has 1 aromatic carbocycles. The van der Waals surface area contributed by atoms with Crippen LogP contribution in [0.4, 0.5) is 19.5 Å². The van der Waals surface area contributed by atoms with E-state index in [1.165, 1.54) is 11.8 Å². The number of thioether (sulfide) groups is 1. The number of halogens is 2. The van der Waals surface area contributed by atoms with E-state index in [4.69, 9.17) is 10.4 Å². The minimum atomic E-state index is -1.13. The highest BCUT2D eigenvalue weighted by atomic mass is 32.2. The molecule has 0 saturated carbocycles. The largest absolute Gasteiger partial charge is 0.503 e. The van der Waals surface area contributed by atoms with Gasteiger partial charge in [0.2, 0.25) is 0 Å². The molecule has 0 unspecified atom stereocenters. The fourth-order valence-corrected chi connectivity index (χ4v) is 3.01. The lowest BCUT2D eigenvalue weighted by atomic mass is 10.2. The molecule has 2 heterocycles. The van der Waals surface area contributed by atoms with Crippen LogP contribution < -0.4 is 0 Å². The number of nitriles is 1. The summed E-state index contributed by atoms with van der Waals surface area (Å²) in [5.74, 6) is -3.32. The standard InChI is InChI=1S/C14H7F2N5OS2/c1-23-13-6(5-17)2-8-12(18-13)21-24-14(8)20-19-7-3-9(15)11(22)10(16)4-7/h2-4,22H,1H3. The van der Waals surface area contributed by atoms with Crippen LogP contribution in [0.1, 0.15) is 5.56 Å². The SMILES string of the molecule is CSc1nc2nsc(N=Nc3cc(F)c(O)c(F)c3)c2cc1C#N. The summed E-state index contributed by atoms with van der Waals surface area (Å²) in [6.07, 6.45) is 1.80. The molecule has 0 radical (unpaired) electrons. The quantitative estimate of drug-likeness (QED) is 0.538. The lowest BCUT2D eigenvalue weighted by Crippen LogP contribution is -1.86. The van der Waals surface area contributed by atoms with Crippen molar-refractivity contribution >= 4 is 45.0 Å². The van der Waals surface area contributed by atoms with Gasteiger partial charge in [0.1, 0.15) is 11.1 Å². The minimum Gasteiger partial charge on any atom is -0.503 e. The van der Waals surface area contributed by atoms with Gasteiger partial charge in [0.05, 0.1) is 16.6 Å². The lowest BCUT2D eigenvalue weighted by molar-refractivity contribution is 0.396. The van der Waals surface area contributed by atoms with E-state index in [0.29, 0.717) is 26.6 Å². The Morgan fingerprint density at radius 1 is 1.25 bits per heavy atom. The Labute approximate surface area is 142 Å². The highest BCUT2D eigenvalue weighted by Crippen LogP contribution is 2.34. The molecule has 0 aliphatic rings. The molecule has 0 bridgehead atoms. The van der Waals surface area contributed by atoms with Crippen LogP contribution in [-0.2, 0) is 0 Å². The van der Waals surface area contributed by atoms with Gasteiger partial charge in [-0.05, 0) is 23.9 Å². The topological polar surface area (TPSA) is 94.5 Å². The zero-order valence-corrected chi connectivity index (χ0v) is 13.6. The van der Waals surface area contributed by atoms with Gasteiger partial charge in [-0.3, -0.25) is 0 Å². The Morgan fingerprint density at radius 2 is 1.96 bits per heavy atom. The van der Waals surface area contributed by atoms with Gasteiger partial charge >= 0.3 is 0 Å². The number of nitrogens with zero attached hydrogens (tertiary/aromatic N) is 5. The third-order valence-electron chi connectivity index (χ3n) is 2.99. The molecular formula is C14H7F2N5OS2. The van der Waals surface area contributed by atoms with Crippen LogP contribution >= 0.6 is 23.3 Å². The third-order valence-corrected chi connectivity index (χ3v) is 4.42. The number of fused-ring (bicyclic) bond motifs is 1. The van der Waals surface area contributed by atoms with Gasteiger partial charge in [-0.15, -0.1) is 22.0 Å². The van der Waals surface area contributed by atoms with E-state index in [2.05, 4.69) is 19.6 Å². The zero-order chi connectivity index (χ0) is 17.3. The maximum Gasteiger partial charge on any atom is 0.187 e. The number of pyridine rings is 1. The number of hydrogen-bond donors (Lipinski definition) is 1. The summed E-state index contributed by atoms with van der Waals surface area (Å²) in [7, 11) is 0. The molecule has 0 spiro atoms. The molecule has 2 aromatic heterocycles. The summed E-state index contributed by atoms with van der Waals surface area (Å²) in [5.41, 5.74) is 0.701. The van der Waals surface area contributed by atoms with E-state index in [1.54, 1.807) is 12.3 Å². The van der Waals surface area contributed by atoms with E-state index >= 15 is 0 Å². The summed E-state index contributed by atoms with van der Waals surface area (Å²) in [5, 5.41) is 27.3. The maximum atomic E-state index is 13.3. The summed E-state index contributed by atoms with van der Waals surface area (Å²) in [4.78, 5) is 4.27. The van der Waals surface area contributed by atoms with E-state index in [9.17, 15) is 8.78 Å². The molecule has 3 aromatic rings. The van der Waals surface area contributed by atoms with E-state index in [1.807, 2.05) is 6.07 Å². The molecule has 120 valence electrons. The maximum absolute atomic E-state index is 13.3. The molecule has 0 atom stereocenters. The van der Waals surface area contributed by atoms with Crippen molar-refractivity contribution in [3.63, 3.8) is 0 Å². The molecule has 0 aliphatic carbocycles. The molecule has 3 rings (SSSR count). The molecule has 6 nitrogen and oxygen atoms in total. The number of aromatic nitrogens is 2. The first-order valence-electron chi connectivity index (χ1n) is 6.37. The molecule has 10 heteroatoms. The second kappa shape index (κ2) is 6.46. The van der Waals surface area contributed by atoms with Crippen molar-refractivity contribution in [3.05, 3.63) is 35.4 Å². The first-order chi connectivity index (χ1) is 11.5. The van der Waals surface area contributed by atoms with Crippen LogP contribution in [0, 0.1) is 23.0 Å². The van der Waals surface area contributed by atoms with E-state index < -0.39 is 17.4 Å². The lowest BCUT2D eigenvalue weighted by Gasteiger charge is -1.99. The van der Waals surface area contributed by atoms with Crippen molar-refractivity contribution in [2.75, 3.05) is 6.26 Å². The fourth-order valence-electron chi connectivity index (χ4n) is 1.87. The number of azo groups is 1. The monoisotopic (exact) mass is 363 g/mol. The normalized spacial score (nSPS) is 11.2. The Hall–Kier alpha value is -2.64. The van der Waals surface area contributed by atoms with Gasteiger partial charge in [-0.1, -0.05) is 0 Å². The second-order valence-electron chi connectivity index (χ2n) is 4.47. The van der Waals surface area contributed by atoms with Crippen LogP contribution in [0.5, 0.6) is 5.75 Å². The summed E-state index contributed by atoms with van der Waals surface area (Å²) >= 11 is 2.33. The molecule has 1 N–H and O–H groups in total. The van der Waals surface area contributed by atoms with Crippen molar-refractivity contribution in [2.45, 2.75) is 5.03 Å². The highest BCUT2D eigenvalue weighted by Gasteiger charge is 2.13. The number of benzene rings is 1. The van der Waals surface area contributed by atoms with Crippen LogP contribution in [0.25, 0.3) is 11.0 Å². The van der Waals surface area contributed by atoms with Crippen molar-refractivity contribution in [2.24, 2.45) is 10.2 Å². The summed E-state index contributed by atoms with van der Waals surface area (Å²) < 4.78 is 30.7. The van der Waals surface area contributed by atoms with Crippen LogP contribution in [0.3, 0.4) is 0 Å². The predicted molar refractivity (Wildman–Crippen MR) is 86.1 cm³/mol. The Morgan fingerprint density at radius 3 is 2.58 bits per heavy atom. The van der Waals surface area contributed by atoms with E-state index in [0.717, 1.165) is 23.7 Å². The molecular weight excluding hydrogens is 356 g/mol. The highest BCUT2D eigenvalue weighted by molar-refractivity contribution is 7.98. The molecule has 24 heavy (non-hydrogen) atoms. The predicted octanol–water partition coefficient (Wildman–Crippen LogP) is 4.68. The molecule has 0 fully saturated rings. The zero-order valence-electron chi connectivity index (χ0n) is 12.0. The fraction of sp³-hybridized carbons (Fsp3) is 0.0714. The second-order valence-corrected chi connectivity index (χ2v) is 6.02. The van der Waals surface area contributed by atoms with E-state index in [-0.39, 0.29) is 5.69 Å². The third kappa shape index (κ3) is 2.91. The van der Waals surface area contributed by atoms with Gasteiger partial charge in [0.25, 0.3) is 0 Å². The first kappa shape index (κ1) is 16.2. The van der Waals surface area contributed by atoms with Crippen molar-refractivity contribution < 1.29 is 13.9 Å². The smallest absolute Gasteiger partial charge is 0.187 e. The molecule has 0 saturated heterocycles. The summed E-state index contributed by atoms with van der Waals surface area (Å²) in [6, 6.07) is 5.36. The van der Waals surface area contributed by atoms with Crippen molar-refractivity contribution in [1.29, 1.82) is 5.26 Å². The first-order valence-corrected chi connectivity index (χ1v) is 8.37. The van der Waals surface area contributed by atoms with Crippen LogP contribution in [-0.4, -0.2) is 20.7 Å². The Bertz CT molecular complexity index is 989. The number of aromatic hydroxyl groups is 1. The Balaban J connectivity index is 2.03. The van der Waals surface area contributed by atoms with Crippen LogP contribution in [0.15, 0.2) is 33.5 Å². The number of phenols is 1. The van der Waals surface area contributed by atoms with Gasteiger partial charge in [-0.25, -0.2) is 13.8 Å². The van der Waals surface area contributed by atoms with Gasteiger partial charge < -0.3 is 5.11 Å². The Kier molecular flexibility index (Phi) is 4.37. The average molecular weight is 363 g/mol. The van der Waals surface area contributed by atoms with Gasteiger partial charge in [0.15, 0.2) is 28.0 Å². The molecule has 0 aliphatic heterocycles. The number of hydrogen-bond acceptors (Lipinski definition) is 8. The van der Waals surface area contributed by atoms with Gasteiger partial charge in [-0.2, -0.15) is 9.64 Å². The van der Waals surface area contributed by atoms with Crippen LogP contribution in [0.2, 0.25) is 0 Å². The summed E-state index contributed by atoms with van der Waals surface area (Å²) in [6.45, 7) is 0. The molecule has 0 amide bonds. The minimum absolute atomic E-state index is 0.0986. The van der Waals surface area contributed by atoms with Gasteiger partial charge in [0, 0.05) is 12.1 Å².